The van der Waals surface area contributed by atoms with Crippen molar-refractivity contribution in [1.29, 1.82) is 0 Å². The number of hydrogen-bond acceptors (Lipinski definition) is 4. The van der Waals surface area contributed by atoms with Crippen LogP contribution >= 0.6 is 0 Å². The highest BCUT2D eigenvalue weighted by atomic mass is 19.4. The molecule has 152 valence electrons. The van der Waals surface area contributed by atoms with Gasteiger partial charge in [-0.1, -0.05) is 6.07 Å². The lowest BCUT2D eigenvalue weighted by molar-refractivity contribution is -0.137. The van der Waals surface area contributed by atoms with E-state index < -0.39 is 11.7 Å². The fourth-order valence-corrected chi connectivity index (χ4v) is 3.65. The summed E-state index contributed by atoms with van der Waals surface area (Å²) in [7, 11) is 0. The Hall–Kier alpha value is -3.00. The molecule has 1 saturated heterocycles. The maximum absolute atomic E-state index is 12.9. The molecular weight excluding hydrogens is 383 g/mol. The molecule has 1 fully saturated rings. The number of alkyl halides is 3. The molecule has 0 atom stereocenters. The van der Waals surface area contributed by atoms with Gasteiger partial charge >= 0.3 is 6.18 Å². The molecule has 0 radical (unpaired) electrons. The molecule has 3 aromatic rings. The van der Waals surface area contributed by atoms with Crippen molar-refractivity contribution in [3.05, 3.63) is 70.0 Å². The molecule has 1 aromatic heterocycles. The molecule has 4 rings (SSSR count). The molecule has 29 heavy (non-hydrogen) atoms. The molecule has 0 amide bonds. The number of nitrogens with zero attached hydrogens (tertiary/aromatic N) is 2. The van der Waals surface area contributed by atoms with Gasteiger partial charge in [-0.05, 0) is 30.3 Å². The van der Waals surface area contributed by atoms with Crippen LogP contribution < -0.4 is 10.3 Å². The minimum atomic E-state index is -4.45. The van der Waals surface area contributed by atoms with Crippen molar-refractivity contribution in [2.24, 2.45) is 0 Å². The van der Waals surface area contributed by atoms with Crippen molar-refractivity contribution in [2.45, 2.75) is 12.7 Å². The summed E-state index contributed by atoms with van der Waals surface area (Å²) in [6.45, 7) is 3.41. The molecule has 0 saturated carbocycles. The van der Waals surface area contributed by atoms with Gasteiger partial charge in [0.1, 0.15) is 5.75 Å². The van der Waals surface area contributed by atoms with Crippen molar-refractivity contribution in [3.63, 3.8) is 0 Å². The predicted octanol–water partition coefficient (Wildman–Crippen LogP) is 3.57. The molecule has 1 aliphatic rings. The smallest absolute Gasteiger partial charge is 0.416 e. The number of hydrogen-bond donors (Lipinski definition) is 2. The van der Waals surface area contributed by atoms with Gasteiger partial charge in [-0.15, -0.1) is 0 Å². The number of phenols is 1. The summed E-state index contributed by atoms with van der Waals surface area (Å²) in [6, 6.07) is 10.2. The summed E-state index contributed by atoms with van der Waals surface area (Å²) in [5.41, 5.74) is 0.637. The quantitative estimate of drug-likeness (QED) is 0.702. The van der Waals surface area contributed by atoms with Crippen molar-refractivity contribution in [3.8, 4) is 5.75 Å². The van der Waals surface area contributed by atoms with Gasteiger partial charge in [0.2, 0.25) is 0 Å². The number of fused-ring (bicyclic) bond motifs is 1. The zero-order valence-corrected chi connectivity index (χ0v) is 15.5. The van der Waals surface area contributed by atoms with E-state index in [0.29, 0.717) is 12.1 Å². The third-order valence-corrected chi connectivity index (χ3v) is 5.25. The van der Waals surface area contributed by atoms with E-state index in [-0.39, 0.29) is 22.1 Å². The van der Waals surface area contributed by atoms with Gasteiger partial charge in [0, 0.05) is 67.1 Å². The van der Waals surface area contributed by atoms with Gasteiger partial charge in [-0.3, -0.25) is 9.69 Å². The molecule has 2 aromatic carbocycles. The van der Waals surface area contributed by atoms with Crippen molar-refractivity contribution in [2.75, 3.05) is 31.1 Å². The first-order chi connectivity index (χ1) is 13.8. The Morgan fingerprint density at radius 2 is 1.79 bits per heavy atom. The van der Waals surface area contributed by atoms with E-state index in [9.17, 15) is 23.1 Å². The normalized spacial score (nSPS) is 15.8. The molecule has 0 bridgehead atoms. The van der Waals surface area contributed by atoms with Gasteiger partial charge in [-0.2, -0.15) is 13.2 Å². The number of halogens is 3. The molecule has 0 spiro atoms. The Morgan fingerprint density at radius 3 is 2.48 bits per heavy atom. The summed E-state index contributed by atoms with van der Waals surface area (Å²) in [5.74, 6) is 0.223. The number of phenolic OH excluding ortho intramolecular Hbond substituents is 1. The molecular formula is C21H20F3N3O2. The van der Waals surface area contributed by atoms with Crippen LogP contribution in [0.2, 0.25) is 0 Å². The van der Waals surface area contributed by atoms with Gasteiger partial charge in [0.05, 0.1) is 5.56 Å². The van der Waals surface area contributed by atoms with E-state index in [1.807, 2.05) is 6.07 Å². The minimum Gasteiger partial charge on any atom is -0.508 e. The summed E-state index contributed by atoms with van der Waals surface area (Å²) < 4.78 is 38.6. The van der Waals surface area contributed by atoms with Crippen LogP contribution in [0.15, 0.2) is 53.5 Å². The lowest BCUT2D eigenvalue weighted by atomic mass is 10.1. The Labute approximate surface area is 165 Å². The number of aromatic amines is 1. The van der Waals surface area contributed by atoms with Crippen LogP contribution in [-0.4, -0.2) is 41.2 Å². The number of nitrogens with one attached hydrogen (secondary N) is 1. The number of piperazine rings is 1. The second kappa shape index (κ2) is 7.44. The lowest BCUT2D eigenvalue weighted by Crippen LogP contribution is -2.46. The molecule has 0 unspecified atom stereocenters. The first-order valence-electron chi connectivity index (χ1n) is 9.29. The largest absolute Gasteiger partial charge is 0.508 e. The first-order valence-corrected chi connectivity index (χ1v) is 9.29. The van der Waals surface area contributed by atoms with E-state index in [0.717, 1.165) is 44.0 Å². The predicted molar refractivity (Wildman–Crippen MR) is 105 cm³/mol. The fraction of sp³-hybridized carbons (Fsp3) is 0.286. The van der Waals surface area contributed by atoms with Gasteiger partial charge in [0.25, 0.3) is 0 Å². The molecule has 8 heteroatoms. The first kappa shape index (κ1) is 19.3. The minimum absolute atomic E-state index is 0.183. The average molecular weight is 403 g/mol. The van der Waals surface area contributed by atoms with Crippen LogP contribution in [-0.2, 0) is 12.7 Å². The molecule has 2 N–H and O–H groups in total. The second-order valence-corrected chi connectivity index (χ2v) is 7.18. The highest BCUT2D eigenvalue weighted by Gasteiger charge is 2.30. The van der Waals surface area contributed by atoms with Crippen LogP contribution in [0.25, 0.3) is 10.9 Å². The van der Waals surface area contributed by atoms with Crippen molar-refractivity contribution in [1.82, 2.24) is 9.88 Å². The van der Waals surface area contributed by atoms with Gasteiger partial charge < -0.3 is 15.0 Å². The standard InChI is InChI=1S/C21H20F3N3O2/c22-21(23,24)15-4-5-18-19(10-15)25-12-14(20(18)29)13-26-6-8-27(9-7-26)16-2-1-3-17(28)11-16/h1-5,10-12,28H,6-9,13H2,(H,25,29). The Morgan fingerprint density at radius 1 is 1.03 bits per heavy atom. The monoisotopic (exact) mass is 403 g/mol. The maximum Gasteiger partial charge on any atom is 0.416 e. The second-order valence-electron chi connectivity index (χ2n) is 7.18. The molecule has 1 aliphatic heterocycles. The van der Waals surface area contributed by atoms with E-state index in [1.165, 1.54) is 12.3 Å². The van der Waals surface area contributed by atoms with Gasteiger partial charge in [0.15, 0.2) is 5.43 Å². The highest BCUT2D eigenvalue weighted by Crippen LogP contribution is 2.30. The summed E-state index contributed by atoms with van der Waals surface area (Å²) in [5, 5.41) is 9.89. The number of aromatic nitrogens is 1. The zero-order chi connectivity index (χ0) is 20.6. The fourth-order valence-electron chi connectivity index (χ4n) is 3.65. The third-order valence-electron chi connectivity index (χ3n) is 5.25. The number of aromatic hydroxyl groups is 1. The number of anilines is 1. The Balaban J connectivity index is 1.47. The Bertz CT molecular complexity index is 1090. The van der Waals surface area contributed by atoms with Crippen molar-refractivity contribution >= 4 is 16.6 Å². The Kier molecular flexibility index (Phi) is 4.96. The molecule has 5 nitrogen and oxygen atoms in total. The van der Waals surface area contributed by atoms with E-state index >= 15 is 0 Å². The number of pyridine rings is 1. The lowest BCUT2D eigenvalue weighted by Gasteiger charge is -2.36. The van der Waals surface area contributed by atoms with Crippen LogP contribution in [0.1, 0.15) is 11.1 Å². The van der Waals surface area contributed by atoms with E-state index in [1.54, 1.807) is 18.2 Å². The average Bonchev–Trinajstić information content (AvgIpc) is 2.70. The number of H-pyrrole nitrogens is 1. The van der Waals surface area contributed by atoms with Crippen LogP contribution in [0, 0.1) is 0 Å². The summed E-state index contributed by atoms with van der Waals surface area (Å²) >= 11 is 0. The number of rotatable bonds is 3. The van der Waals surface area contributed by atoms with Crippen molar-refractivity contribution < 1.29 is 18.3 Å². The van der Waals surface area contributed by atoms with Crippen LogP contribution in [0.5, 0.6) is 5.75 Å². The molecule has 2 heterocycles. The van der Waals surface area contributed by atoms with Crippen LogP contribution in [0.4, 0.5) is 18.9 Å². The van der Waals surface area contributed by atoms with Crippen LogP contribution in [0.3, 0.4) is 0 Å². The molecule has 0 aliphatic carbocycles. The SMILES string of the molecule is O=c1c(CN2CCN(c3cccc(O)c3)CC2)c[nH]c2cc(C(F)(F)F)ccc12. The topological polar surface area (TPSA) is 59.6 Å². The summed E-state index contributed by atoms with van der Waals surface area (Å²) in [4.78, 5) is 19.9. The number of benzene rings is 2. The third kappa shape index (κ3) is 4.07. The maximum atomic E-state index is 12.9. The summed E-state index contributed by atoms with van der Waals surface area (Å²) in [6.07, 6.45) is -2.94. The van der Waals surface area contributed by atoms with Gasteiger partial charge in [-0.25, -0.2) is 0 Å². The highest BCUT2D eigenvalue weighted by molar-refractivity contribution is 5.79. The zero-order valence-electron chi connectivity index (χ0n) is 15.5. The van der Waals surface area contributed by atoms with E-state index in [4.69, 9.17) is 0 Å². The van der Waals surface area contributed by atoms with E-state index in [2.05, 4.69) is 14.8 Å².